The fraction of sp³-hybridized carbons (Fsp3) is 0.588. The first-order valence-corrected chi connectivity index (χ1v) is 7.52. The summed E-state index contributed by atoms with van der Waals surface area (Å²) in [6.45, 7) is 3.41. The lowest BCUT2D eigenvalue weighted by molar-refractivity contribution is -0.697. The Hall–Kier alpha value is -1.11. The third-order valence-electron chi connectivity index (χ3n) is 3.21. The lowest BCUT2D eigenvalue weighted by Crippen LogP contribution is -2.32. The van der Waals surface area contributed by atoms with Crippen molar-refractivity contribution in [2.45, 2.75) is 64.8 Å². The maximum Gasteiger partial charge on any atom is 0.168 e. The van der Waals surface area contributed by atoms with Gasteiger partial charge in [-0.1, -0.05) is 38.0 Å². The summed E-state index contributed by atoms with van der Waals surface area (Å²) in [6, 6.07) is 6.26. The molecule has 0 spiro atoms. The smallest absolute Gasteiger partial charge is 0.168 e. The van der Waals surface area contributed by atoms with Crippen LogP contribution >= 0.6 is 0 Å². The van der Waals surface area contributed by atoms with E-state index in [1.54, 1.807) is 0 Å². The van der Waals surface area contributed by atoms with Crippen molar-refractivity contribution in [2.24, 2.45) is 0 Å². The molecule has 100 valence electrons. The highest BCUT2D eigenvalue weighted by Gasteiger charge is 1.96. The molecule has 0 fully saturated rings. The monoisotopic (exact) mass is 246 g/mol. The Kier molecular flexibility index (Phi) is 9.14. The largest absolute Gasteiger partial charge is 0.205 e. The number of allylic oxidation sites excluding steroid dienone is 2. The fourth-order valence-corrected chi connectivity index (χ4v) is 2.06. The van der Waals surface area contributed by atoms with Gasteiger partial charge in [-0.2, -0.15) is 0 Å². The molecule has 18 heavy (non-hydrogen) atoms. The van der Waals surface area contributed by atoms with Crippen molar-refractivity contribution in [1.82, 2.24) is 0 Å². The van der Waals surface area contributed by atoms with Crippen LogP contribution < -0.4 is 4.57 Å². The van der Waals surface area contributed by atoms with Gasteiger partial charge in [-0.05, 0) is 32.1 Å². The average Bonchev–Trinajstić information content (AvgIpc) is 2.42. The number of nitrogens with zero attached hydrogens (tertiary/aromatic N) is 1. The summed E-state index contributed by atoms with van der Waals surface area (Å²) in [7, 11) is 0. The summed E-state index contributed by atoms with van der Waals surface area (Å²) in [6.07, 6.45) is 19.6. The molecule has 0 bridgehead atoms. The molecular formula is C17H28N+. The zero-order chi connectivity index (χ0) is 12.9. The molecule has 0 saturated heterocycles. The molecule has 1 rings (SSSR count). The first-order chi connectivity index (χ1) is 8.93. The molecular weight excluding hydrogens is 218 g/mol. The molecule has 1 nitrogen and oxygen atoms in total. The molecule has 0 aliphatic carbocycles. The summed E-state index contributed by atoms with van der Waals surface area (Å²) in [5.41, 5.74) is 0. The number of unbranched alkanes of at least 4 members (excludes halogenated alkanes) is 6. The van der Waals surface area contributed by atoms with E-state index in [4.69, 9.17) is 0 Å². The predicted octanol–water partition coefficient (Wildman–Crippen LogP) is 4.67. The summed E-state index contributed by atoms with van der Waals surface area (Å²) in [5, 5.41) is 0. The number of aromatic nitrogens is 1. The second-order valence-corrected chi connectivity index (χ2v) is 4.93. The lowest BCUT2D eigenvalue weighted by atomic mass is 10.1. The van der Waals surface area contributed by atoms with E-state index in [-0.39, 0.29) is 0 Å². The first kappa shape index (κ1) is 14.9. The summed E-state index contributed by atoms with van der Waals surface area (Å²) in [4.78, 5) is 0. The van der Waals surface area contributed by atoms with Gasteiger partial charge in [0.15, 0.2) is 12.4 Å². The van der Waals surface area contributed by atoms with Gasteiger partial charge in [0.05, 0.1) is 0 Å². The van der Waals surface area contributed by atoms with Crippen LogP contribution in [0.4, 0.5) is 0 Å². The molecule has 1 aromatic rings. The molecule has 0 aliphatic rings. The Labute approximate surface area is 113 Å². The molecule has 1 heterocycles. The highest BCUT2D eigenvalue weighted by molar-refractivity contribution is 4.83. The molecule has 1 heteroatoms. The van der Waals surface area contributed by atoms with Crippen LogP contribution in [-0.2, 0) is 6.54 Å². The van der Waals surface area contributed by atoms with E-state index < -0.39 is 0 Å². The normalized spacial score (nSPS) is 11.2. The zero-order valence-electron chi connectivity index (χ0n) is 11.9. The van der Waals surface area contributed by atoms with E-state index in [0.717, 1.165) is 6.54 Å². The van der Waals surface area contributed by atoms with E-state index in [2.05, 4.69) is 54.2 Å². The standard InChI is InChI=1S/C17H28N/c1-2-3-4-5-6-7-8-9-10-12-15-18-16-13-11-14-17-18/h6-7,11,13-14,16-17H,2-5,8-10,12,15H2,1H3/q+1. The van der Waals surface area contributed by atoms with Crippen LogP contribution in [0.5, 0.6) is 0 Å². The highest BCUT2D eigenvalue weighted by Crippen LogP contribution is 2.04. The second kappa shape index (κ2) is 11.0. The van der Waals surface area contributed by atoms with E-state index in [9.17, 15) is 0 Å². The van der Waals surface area contributed by atoms with Gasteiger partial charge in [0.2, 0.25) is 0 Å². The number of pyridine rings is 1. The van der Waals surface area contributed by atoms with Crippen molar-refractivity contribution in [2.75, 3.05) is 0 Å². The van der Waals surface area contributed by atoms with Gasteiger partial charge >= 0.3 is 0 Å². The van der Waals surface area contributed by atoms with Gasteiger partial charge in [0, 0.05) is 18.6 Å². The van der Waals surface area contributed by atoms with Crippen molar-refractivity contribution in [1.29, 1.82) is 0 Å². The van der Waals surface area contributed by atoms with E-state index in [1.165, 1.54) is 51.4 Å². The summed E-state index contributed by atoms with van der Waals surface area (Å²) in [5.74, 6) is 0. The van der Waals surface area contributed by atoms with Gasteiger partial charge in [0.25, 0.3) is 0 Å². The summed E-state index contributed by atoms with van der Waals surface area (Å²) < 4.78 is 2.26. The van der Waals surface area contributed by atoms with Crippen LogP contribution in [0, 0.1) is 0 Å². The quantitative estimate of drug-likeness (QED) is 0.321. The Morgan fingerprint density at radius 2 is 1.44 bits per heavy atom. The van der Waals surface area contributed by atoms with Gasteiger partial charge in [-0.15, -0.1) is 0 Å². The minimum Gasteiger partial charge on any atom is -0.205 e. The van der Waals surface area contributed by atoms with Crippen LogP contribution in [0.2, 0.25) is 0 Å². The number of hydrogen-bond acceptors (Lipinski definition) is 0. The van der Waals surface area contributed by atoms with Gasteiger partial charge in [-0.3, -0.25) is 0 Å². The Morgan fingerprint density at radius 3 is 2.11 bits per heavy atom. The fourth-order valence-electron chi connectivity index (χ4n) is 2.06. The molecule has 0 amide bonds. The Morgan fingerprint density at radius 1 is 0.778 bits per heavy atom. The predicted molar refractivity (Wildman–Crippen MR) is 78.4 cm³/mol. The van der Waals surface area contributed by atoms with Gasteiger partial charge in [0.1, 0.15) is 6.54 Å². The molecule has 0 N–H and O–H groups in total. The van der Waals surface area contributed by atoms with Crippen molar-refractivity contribution >= 4 is 0 Å². The second-order valence-electron chi connectivity index (χ2n) is 4.93. The van der Waals surface area contributed by atoms with Crippen molar-refractivity contribution in [3.8, 4) is 0 Å². The molecule has 0 aromatic carbocycles. The van der Waals surface area contributed by atoms with Crippen LogP contribution in [-0.4, -0.2) is 0 Å². The average molecular weight is 246 g/mol. The third-order valence-corrected chi connectivity index (χ3v) is 3.21. The number of rotatable bonds is 10. The summed E-state index contributed by atoms with van der Waals surface area (Å²) >= 11 is 0. The van der Waals surface area contributed by atoms with Crippen LogP contribution in [0.25, 0.3) is 0 Å². The Balaban J connectivity index is 1.90. The van der Waals surface area contributed by atoms with Gasteiger partial charge in [-0.25, -0.2) is 4.57 Å². The molecule has 0 aliphatic heterocycles. The van der Waals surface area contributed by atoms with Crippen molar-refractivity contribution < 1.29 is 4.57 Å². The van der Waals surface area contributed by atoms with E-state index in [0.29, 0.717) is 0 Å². The molecule has 0 atom stereocenters. The molecule has 1 aromatic heterocycles. The first-order valence-electron chi connectivity index (χ1n) is 7.52. The molecule has 0 unspecified atom stereocenters. The minimum atomic E-state index is 1.15. The number of hydrogen-bond donors (Lipinski definition) is 0. The van der Waals surface area contributed by atoms with Gasteiger partial charge < -0.3 is 0 Å². The van der Waals surface area contributed by atoms with Crippen molar-refractivity contribution in [3.05, 3.63) is 42.7 Å². The topological polar surface area (TPSA) is 3.88 Å². The Bertz CT molecular complexity index is 303. The zero-order valence-corrected chi connectivity index (χ0v) is 11.9. The maximum atomic E-state index is 2.37. The molecule has 0 radical (unpaired) electrons. The lowest BCUT2D eigenvalue weighted by Gasteiger charge is -1.97. The van der Waals surface area contributed by atoms with Crippen molar-refractivity contribution in [3.63, 3.8) is 0 Å². The SMILES string of the molecule is CCCCCC=CCCCCC[n+]1ccccc1. The highest BCUT2D eigenvalue weighted by atomic mass is 14.9. The van der Waals surface area contributed by atoms with Crippen LogP contribution in [0.15, 0.2) is 42.7 Å². The number of aryl methyl sites for hydroxylation is 1. The minimum absolute atomic E-state index is 1.15. The molecule has 0 saturated carbocycles. The van der Waals surface area contributed by atoms with Crippen LogP contribution in [0.3, 0.4) is 0 Å². The third kappa shape index (κ3) is 8.05. The van der Waals surface area contributed by atoms with Crippen LogP contribution in [0.1, 0.15) is 58.3 Å². The maximum absolute atomic E-state index is 2.37. The van der Waals surface area contributed by atoms with E-state index >= 15 is 0 Å². The van der Waals surface area contributed by atoms with E-state index in [1.807, 2.05) is 0 Å².